The van der Waals surface area contributed by atoms with Crippen molar-refractivity contribution < 1.29 is 4.79 Å². The molecule has 0 saturated carbocycles. The minimum Gasteiger partial charge on any atom is -0.318 e. The molecular formula is C20H18N2OS. The van der Waals surface area contributed by atoms with Crippen molar-refractivity contribution in [1.82, 2.24) is 5.32 Å². The average Bonchev–Trinajstić information content (AvgIpc) is 2.87. The predicted molar refractivity (Wildman–Crippen MR) is 97.2 cm³/mol. The molecule has 0 atom stereocenters. The Labute approximate surface area is 146 Å². The lowest BCUT2D eigenvalue weighted by molar-refractivity contribution is -0.122. The highest BCUT2D eigenvalue weighted by molar-refractivity contribution is 8.03. The lowest BCUT2D eigenvalue weighted by Gasteiger charge is -2.28. The van der Waals surface area contributed by atoms with Gasteiger partial charge in [0.15, 0.2) is 0 Å². The normalized spacial score (nSPS) is 16.2. The average molecular weight is 334 g/mol. The van der Waals surface area contributed by atoms with Crippen molar-refractivity contribution in [3.05, 3.63) is 82.4 Å². The van der Waals surface area contributed by atoms with Gasteiger partial charge in [-0.1, -0.05) is 74.5 Å². The van der Waals surface area contributed by atoms with Crippen LogP contribution in [0.15, 0.2) is 71.3 Å². The van der Waals surface area contributed by atoms with Crippen LogP contribution < -0.4 is 5.32 Å². The molecule has 4 heteroatoms. The molecule has 3 nitrogen and oxygen atoms in total. The summed E-state index contributed by atoms with van der Waals surface area (Å²) in [5, 5.41) is 13.8. The maximum Gasteiger partial charge on any atom is 0.245 e. The van der Waals surface area contributed by atoms with Gasteiger partial charge >= 0.3 is 0 Å². The Morgan fingerprint density at radius 2 is 1.50 bits per heavy atom. The van der Waals surface area contributed by atoms with Gasteiger partial charge in [0.2, 0.25) is 5.91 Å². The molecule has 2 aromatic rings. The van der Waals surface area contributed by atoms with Gasteiger partial charge in [-0.15, -0.1) is 11.8 Å². The molecule has 3 rings (SSSR count). The smallest absolute Gasteiger partial charge is 0.245 e. The number of nitrogens with zero attached hydrogens (tertiary/aromatic N) is 1. The second-order valence-corrected chi connectivity index (χ2v) is 7.51. The number of nitriles is 1. The van der Waals surface area contributed by atoms with Crippen LogP contribution in [0.5, 0.6) is 0 Å². The van der Waals surface area contributed by atoms with Crippen LogP contribution in [-0.2, 0) is 10.2 Å². The second kappa shape index (κ2) is 6.54. The van der Waals surface area contributed by atoms with Crippen molar-refractivity contribution in [1.29, 1.82) is 5.26 Å². The fourth-order valence-corrected chi connectivity index (χ4v) is 4.04. The molecule has 0 aliphatic carbocycles. The van der Waals surface area contributed by atoms with Crippen LogP contribution in [0.25, 0.3) is 0 Å². The van der Waals surface area contributed by atoms with E-state index >= 15 is 0 Å². The van der Waals surface area contributed by atoms with Crippen molar-refractivity contribution in [2.75, 3.05) is 0 Å². The Bertz CT molecular complexity index is 780. The van der Waals surface area contributed by atoms with Gasteiger partial charge in [-0.2, -0.15) is 5.26 Å². The Hall–Kier alpha value is -2.51. The molecule has 1 N–H and O–H groups in total. The van der Waals surface area contributed by atoms with Gasteiger partial charge in [0.05, 0.1) is 16.7 Å². The number of hydrogen-bond acceptors (Lipinski definition) is 3. The molecule has 0 aromatic heterocycles. The van der Waals surface area contributed by atoms with Gasteiger partial charge in [-0.3, -0.25) is 4.79 Å². The molecular weight excluding hydrogens is 316 g/mol. The summed E-state index contributed by atoms with van der Waals surface area (Å²) in [5.41, 5.74) is 1.01. The summed E-state index contributed by atoms with van der Waals surface area (Å²) in [6.45, 7) is 4.09. The molecule has 0 spiro atoms. The third-order valence-electron chi connectivity index (χ3n) is 4.05. The largest absolute Gasteiger partial charge is 0.318 e. The van der Waals surface area contributed by atoms with Crippen molar-refractivity contribution in [2.24, 2.45) is 0 Å². The number of hydrogen-bond donors (Lipinski definition) is 1. The van der Waals surface area contributed by atoms with E-state index < -0.39 is 5.41 Å². The molecule has 120 valence electrons. The molecule has 0 bridgehead atoms. The standard InChI is InChI=1S/C20H18N2OS/c1-14(2)24-18-17(13-21)20(19(23)22-18,15-9-5-3-6-10-15)16-11-7-4-8-12-16/h3-12,14H,1-2H3,(H,22,23). The maximum atomic E-state index is 13.1. The Morgan fingerprint density at radius 3 is 1.92 bits per heavy atom. The van der Waals surface area contributed by atoms with Crippen molar-refractivity contribution in [3.8, 4) is 6.07 Å². The third kappa shape index (κ3) is 2.51. The van der Waals surface area contributed by atoms with Crippen LogP contribution in [0.2, 0.25) is 0 Å². The predicted octanol–water partition coefficient (Wildman–Crippen LogP) is 3.98. The highest BCUT2D eigenvalue weighted by Crippen LogP contribution is 2.46. The van der Waals surface area contributed by atoms with Crippen LogP contribution in [0.3, 0.4) is 0 Å². The van der Waals surface area contributed by atoms with Gasteiger partial charge in [0.25, 0.3) is 0 Å². The first-order valence-electron chi connectivity index (χ1n) is 7.84. The minimum atomic E-state index is -1.09. The molecule has 2 aromatic carbocycles. The number of carbonyl (C=O) groups is 1. The summed E-state index contributed by atoms with van der Waals surface area (Å²) >= 11 is 1.52. The number of carbonyl (C=O) groups excluding carboxylic acids is 1. The number of amides is 1. The van der Waals surface area contributed by atoms with E-state index in [1.54, 1.807) is 0 Å². The maximum absolute atomic E-state index is 13.1. The van der Waals surface area contributed by atoms with Crippen LogP contribution in [-0.4, -0.2) is 11.2 Å². The van der Waals surface area contributed by atoms with Crippen LogP contribution in [0.4, 0.5) is 0 Å². The Kier molecular flexibility index (Phi) is 4.46. The molecule has 0 unspecified atom stereocenters. The van der Waals surface area contributed by atoms with Crippen LogP contribution >= 0.6 is 11.8 Å². The number of rotatable bonds is 4. The first kappa shape index (κ1) is 16.4. The van der Waals surface area contributed by atoms with E-state index in [9.17, 15) is 10.1 Å². The molecule has 0 saturated heterocycles. The fourth-order valence-electron chi connectivity index (χ4n) is 3.10. The monoisotopic (exact) mass is 334 g/mol. The van der Waals surface area contributed by atoms with Gasteiger partial charge < -0.3 is 5.32 Å². The molecule has 1 aliphatic rings. The van der Waals surface area contributed by atoms with Crippen molar-refractivity contribution in [3.63, 3.8) is 0 Å². The first-order valence-corrected chi connectivity index (χ1v) is 8.72. The topological polar surface area (TPSA) is 52.9 Å². The first-order chi connectivity index (χ1) is 11.6. The second-order valence-electron chi connectivity index (χ2n) is 5.92. The fraction of sp³-hybridized carbons (Fsp3) is 0.200. The molecule has 0 fully saturated rings. The van der Waals surface area contributed by atoms with Crippen molar-refractivity contribution >= 4 is 17.7 Å². The Balaban J connectivity index is 2.32. The highest BCUT2D eigenvalue weighted by atomic mass is 32.2. The van der Waals surface area contributed by atoms with Gasteiger partial charge in [-0.25, -0.2) is 0 Å². The lowest BCUT2D eigenvalue weighted by Crippen LogP contribution is -2.39. The van der Waals surface area contributed by atoms with E-state index in [4.69, 9.17) is 0 Å². The molecule has 24 heavy (non-hydrogen) atoms. The summed E-state index contributed by atoms with van der Waals surface area (Å²) in [5.74, 6) is -0.167. The van der Waals surface area contributed by atoms with Gasteiger partial charge in [-0.05, 0) is 11.1 Å². The molecule has 0 radical (unpaired) electrons. The van der Waals surface area contributed by atoms with Crippen LogP contribution in [0, 0.1) is 11.3 Å². The van der Waals surface area contributed by atoms with Gasteiger partial charge in [0, 0.05) is 5.25 Å². The number of nitrogens with one attached hydrogen (secondary N) is 1. The van der Waals surface area contributed by atoms with Crippen molar-refractivity contribution in [2.45, 2.75) is 24.5 Å². The zero-order valence-electron chi connectivity index (χ0n) is 13.6. The summed E-state index contributed by atoms with van der Waals surface area (Å²) in [7, 11) is 0. The van der Waals surface area contributed by atoms with E-state index in [1.165, 1.54) is 11.8 Å². The van der Waals surface area contributed by atoms with E-state index in [0.29, 0.717) is 10.6 Å². The van der Waals surface area contributed by atoms with Gasteiger partial charge in [0.1, 0.15) is 5.41 Å². The summed E-state index contributed by atoms with van der Waals surface area (Å²) < 4.78 is 0. The number of thioether (sulfide) groups is 1. The summed E-state index contributed by atoms with van der Waals surface area (Å²) in [6, 6.07) is 21.4. The Morgan fingerprint density at radius 1 is 1.00 bits per heavy atom. The zero-order valence-corrected chi connectivity index (χ0v) is 14.4. The summed E-state index contributed by atoms with van der Waals surface area (Å²) in [4.78, 5) is 13.1. The van der Waals surface area contributed by atoms with E-state index in [-0.39, 0.29) is 11.2 Å². The minimum absolute atomic E-state index is 0.167. The molecule has 1 heterocycles. The number of benzene rings is 2. The van der Waals surface area contributed by atoms with E-state index in [2.05, 4.69) is 11.4 Å². The quantitative estimate of drug-likeness (QED) is 0.920. The third-order valence-corrected chi connectivity index (χ3v) is 5.06. The zero-order chi connectivity index (χ0) is 17.2. The molecule has 1 aliphatic heterocycles. The molecule has 1 amide bonds. The lowest BCUT2D eigenvalue weighted by atomic mass is 9.70. The highest BCUT2D eigenvalue weighted by Gasteiger charge is 2.52. The van der Waals surface area contributed by atoms with Crippen LogP contribution in [0.1, 0.15) is 25.0 Å². The van der Waals surface area contributed by atoms with E-state index in [0.717, 1.165) is 11.1 Å². The van der Waals surface area contributed by atoms with E-state index in [1.807, 2.05) is 74.5 Å². The summed E-state index contributed by atoms with van der Waals surface area (Å²) in [6.07, 6.45) is 0. The SMILES string of the molecule is CC(C)SC1=C(C#N)C(c2ccccc2)(c2ccccc2)C(=O)N1.